The molecule has 1 N–H and O–H groups in total. The Morgan fingerprint density at radius 2 is 2.00 bits per heavy atom. The summed E-state index contributed by atoms with van der Waals surface area (Å²) in [7, 11) is 0. The van der Waals surface area contributed by atoms with Gasteiger partial charge in [-0.05, 0) is 57.5 Å². The molecule has 0 spiro atoms. The Kier molecular flexibility index (Phi) is 5.60. The van der Waals surface area contributed by atoms with Crippen molar-refractivity contribution in [1.82, 2.24) is 5.32 Å². The highest BCUT2D eigenvalue weighted by molar-refractivity contribution is 5.96. The first-order valence-corrected chi connectivity index (χ1v) is 7.68. The van der Waals surface area contributed by atoms with E-state index in [9.17, 15) is 4.79 Å². The Balaban J connectivity index is 1.91. The highest BCUT2D eigenvalue weighted by Crippen LogP contribution is 2.17. The van der Waals surface area contributed by atoms with Crippen molar-refractivity contribution in [2.45, 2.75) is 58.1 Å². The molecule has 3 nitrogen and oxygen atoms in total. The van der Waals surface area contributed by atoms with Gasteiger partial charge in [-0.15, -0.1) is 0 Å². The van der Waals surface area contributed by atoms with Gasteiger partial charge in [0.2, 0.25) is 0 Å². The Morgan fingerprint density at radius 1 is 1.25 bits per heavy atom. The molecule has 0 aromatic heterocycles. The van der Waals surface area contributed by atoms with Gasteiger partial charge in [0, 0.05) is 18.0 Å². The predicted molar refractivity (Wildman–Crippen MR) is 81.4 cm³/mol. The van der Waals surface area contributed by atoms with Gasteiger partial charge >= 0.3 is 0 Å². The van der Waals surface area contributed by atoms with Crippen LogP contribution in [0, 0.1) is 0 Å². The van der Waals surface area contributed by atoms with Gasteiger partial charge in [0.05, 0.1) is 6.10 Å². The summed E-state index contributed by atoms with van der Waals surface area (Å²) in [5.41, 5.74) is 0.784. The number of ketones is 1. The molecule has 1 atom stereocenters. The van der Waals surface area contributed by atoms with E-state index in [0.29, 0.717) is 12.5 Å². The van der Waals surface area contributed by atoms with Crippen molar-refractivity contribution in [3.05, 3.63) is 29.8 Å². The molecule has 3 heteroatoms. The second-order valence-corrected chi connectivity index (χ2v) is 5.82. The SMILES string of the molecule is CC(C)Oc1ccc(C(=O)CC2CCCCCN2)cc1. The second kappa shape index (κ2) is 7.44. The van der Waals surface area contributed by atoms with Gasteiger partial charge in [0.15, 0.2) is 5.78 Å². The van der Waals surface area contributed by atoms with E-state index in [-0.39, 0.29) is 11.9 Å². The van der Waals surface area contributed by atoms with E-state index in [1.807, 2.05) is 38.1 Å². The summed E-state index contributed by atoms with van der Waals surface area (Å²) >= 11 is 0. The first kappa shape index (κ1) is 15.0. The van der Waals surface area contributed by atoms with Crippen LogP contribution in [-0.4, -0.2) is 24.5 Å². The van der Waals surface area contributed by atoms with E-state index >= 15 is 0 Å². The number of hydrogen-bond donors (Lipinski definition) is 1. The number of Topliss-reactive ketones (excluding diaryl/α,β-unsaturated/α-hetero) is 1. The molecule has 110 valence electrons. The third-order valence-corrected chi connectivity index (χ3v) is 3.64. The second-order valence-electron chi connectivity index (χ2n) is 5.82. The van der Waals surface area contributed by atoms with Crippen molar-refractivity contribution in [3.8, 4) is 5.75 Å². The van der Waals surface area contributed by atoms with Crippen LogP contribution in [0.15, 0.2) is 24.3 Å². The lowest BCUT2D eigenvalue weighted by molar-refractivity contribution is 0.0968. The van der Waals surface area contributed by atoms with Crippen LogP contribution in [0.1, 0.15) is 56.3 Å². The molecule has 0 bridgehead atoms. The van der Waals surface area contributed by atoms with Crippen molar-refractivity contribution in [1.29, 1.82) is 0 Å². The normalized spacial score (nSPS) is 19.6. The lowest BCUT2D eigenvalue weighted by Crippen LogP contribution is -2.30. The summed E-state index contributed by atoms with van der Waals surface area (Å²) in [5.74, 6) is 1.05. The molecule has 1 aliphatic rings. The Hall–Kier alpha value is -1.35. The maximum absolute atomic E-state index is 12.3. The van der Waals surface area contributed by atoms with Crippen molar-refractivity contribution >= 4 is 5.78 Å². The molecular formula is C17H25NO2. The first-order chi connectivity index (χ1) is 9.65. The van der Waals surface area contributed by atoms with Crippen LogP contribution in [0.2, 0.25) is 0 Å². The zero-order chi connectivity index (χ0) is 14.4. The van der Waals surface area contributed by atoms with Crippen molar-refractivity contribution < 1.29 is 9.53 Å². The van der Waals surface area contributed by atoms with Gasteiger partial charge in [-0.25, -0.2) is 0 Å². The number of rotatable bonds is 5. The van der Waals surface area contributed by atoms with Crippen molar-refractivity contribution in [2.24, 2.45) is 0 Å². The molecule has 1 aromatic carbocycles. The summed E-state index contributed by atoms with van der Waals surface area (Å²) in [6.07, 6.45) is 5.61. The molecule has 1 unspecified atom stereocenters. The minimum atomic E-state index is 0.159. The number of carbonyl (C=O) groups is 1. The van der Waals surface area contributed by atoms with Gasteiger partial charge in [-0.2, -0.15) is 0 Å². The zero-order valence-corrected chi connectivity index (χ0v) is 12.5. The van der Waals surface area contributed by atoms with Crippen LogP contribution in [0.25, 0.3) is 0 Å². The largest absolute Gasteiger partial charge is 0.491 e. The summed E-state index contributed by atoms with van der Waals surface area (Å²) in [5, 5.41) is 3.47. The molecule has 0 radical (unpaired) electrons. The molecular weight excluding hydrogens is 250 g/mol. The summed E-state index contributed by atoms with van der Waals surface area (Å²) in [4.78, 5) is 12.3. The van der Waals surface area contributed by atoms with Gasteiger partial charge in [0.25, 0.3) is 0 Å². The van der Waals surface area contributed by atoms with Gasteiger partial charge < -0.3 is 10.1 Å². The van der Waals surface area contributed by atoms with Crippen LogP contribution >= 0.6 is 0 Å². The van der Waals surface area contributed by atoms with E-state index in [2.05, 4.69) is 5.32 Å². The fourth-order valence-electron chi connectivity index (χ4n) is 2.61. The number of carbonyl (C=O) groups excluding carboxylic acids is 1. The van der Waals surface area contributed by atoms with Gasteiger partial charge in [-0.1, -0.05) is 12.8 Å². The summed E-state index contributed by atoms with van der Waals surface area (Å²) in [6, 6.07) is 7.85. The van der Waals surface area contributed by atoms with Crippen molar-refractivity contribution in [2.75, 3.05) is 6.54 Å². The van der Waals surface area contributed by atoms with Crippen LogP contribution in [-0.2, 0) is 0 Å². The Bertz CT molecular complexity index is 417. The molecule has 0 saturated carbocycles. The number of nitrogens with one attached hydrogen (secondary N) is 1. The quantitative estimate of drug-likeness (QED) is 0.835. The minimum absolute atomic E-state index is 0.159. The lowest BCUT2D eigenvalue weighted by Gasteiger charge is -2.15. The monoisotopic (exact) mass is 275 g/mol. The van der Waals surface area contributed by atoms with E-state index in [1.165, 1.54) is 19.3 Å². The molecule has 20 heavy (non-hydrogen) atoms. The maximum Gasteiger partial charge on any atom is 0.164 e. The average molecular weight is 275 g/mol. The van der Waals surface area contributed by atoms with Crippen molar-refractivity contribution in [3.63, 3.8) is 0 Å². The van der Waals surface area contributed by atoms with Crippen LogP contribution < -0.4 is 10.1 Å². The smallest absolute Gasteiger partial charge is 0.164 e. The minimum Gasteiger partial charge on any atom is -0.491 e. The standard InChI is InChI=1S/C17H25NO2/c1-13(2)20-16-9-7-14(8-10-16)17(19)12-15-6-4-3-5-11-18-15/h7-10,13,15,18H,3-6,11-12H2,1-2H3. The van der Waals surface area contributed by atoms with Gasteiger partial charge in [0.1, 0.15) is 5.75 Å². The van der Waals surface area contributed by atoms with E-state index in [4.69, 9.17) is 4.74 Å². The summed E-state index contributed by atoms with van der Waals surface area (Å²) < 4.78 is 5.59. The maximum atomic E-state index is 12.3. The topological polar surface area (TPSA) is 38.3 Å². The molecule has 1 saturated heterocycles. The first-order valence-electron chi connectivity index (χ1n) is 7.68. The van der Waals surface area contributed by atoms with Crippen LogP contribution in [0.4, 0.5) is 0 Å². The third-order valence-electron chi connectivity index (χ3n) is 3.64. The van der Waals surface area contributed by atoms with E-state index < -0.39 is 0 Å². The third kappa shape index (κ3) is 4.64. The molecule has 1 fully saturated rings. The number of ether oxygens (including phenoxy) is 1. The average Bonchev–Trinajstić information content (AvgIpc) is 2.67. The zero-order valence-electron chi connectivity index (χ0n) is 12.5. The predicted octanol–water partition coefficient (Wildman–Crippen LogP) is 3.58. The molecule has 0 aliphatic carbocycles. The van der Waals surface area contributed by atoms with Crippen LogP contribution in [0.5, 0.6) is 5.75 Å². The van der Waals surface area contributed by atoms with E-state index in [0.717, 1.165) is 24.3 Å². The lowest BCUT2D eigenvalue weighted by atomic mass is 10.0. The molecule has 0 amide bonds. The fraction of sp³-hybridized carbons (Fsp3) is 0.588. The highest BCUT2D eigenvalue weighted by atomic mass is 16.5. The molecule has 1 aliphatic heterocycles. The number of benzene rings is 1. The number of hydrogen-bond acceptors (Lipinski definition) is 3. The highest BCUT2D eigenvalue weighted by Gasteiger charge is 2.16. The Labute approximate surface area is 121 Å². The van der Waals surface area contributed by atoms with E-state index in [1.54, 1.807) is 0 Å². The Morgan fingerprint density at radius 3 is 2.70 bits per heavy atom. The van der Waals surface area contributed by atoms with Gasteiger partial charge in [-0.3, -0.25) is 4.79 Å². The van der Waals surface area contributed by atoms with Crippen LogP contribution in [0.3, 0.4) is 0 Å². The summed E-state index contributed by atoms with van der Waals surface area (Å²) in [6.45, 7) is 5.03. The molecule has 1 aromatic rings. The molecule has 2 rings (SSSR count). The molecule has 1 heterocycles. The fourth-order valence-corrected chi connectivity index (χ4v) is 2.61.